The quantitative estimate of drug-likeness (QED) is 0.825. The highest BCUT2D eigenvalue weighted by Gasteiger charge is 2.53. The lowest BCUT2D eigenvalue weighted by atomic mass is 9.96. The number of urea groups is 1. The molecule has 2 atom stereocenters. The van der Waals surface area contributed by atoms with Crippen LogP contribution in [-0.4, -0.2) is 46.3 Å². The van der Waals surface area contributed by atoms with Crippen molar-refractivity contribution in [3.05, 3.63) is 47.0 Å². The lowest BCUT2D eigenvalue weighted by molar-refractivity contribution is -0.187. The number of carbonyl (C=O) groups excluding carboxylic acids is 1. The molecule has 0 saturated carbocycles. The van der Waals surface area contributed by atoms with Crippen LogP contribution < -0.4 is 5.32 Å². The first-order chi connectivity index (χ1) is 12.7. The van der Waals surface area contributed by atoms with Gasteiger partial charge in [0, 0.05) is 30.6 Å². The molecule has 0 radical (unpaired) electrons. The van der Waals surface area contributed by atoms with Gasteiger partial charge in [0.2, 0.25) is 0 Å². The van der Waals surface area contributed by atoms with E-state index in [4.69, 9.17) is 5.11 Å². The topological polar surface area (TPSA) is 82.5 Å². The number of amides is 2. The molecule has 0 bridgehead atoms. The molecule has 1 fully saturated rings. The van der Waals surface area contributed by atoms with Gasteiger partial charge in [0.25, 0.3) is 0 Å². The van der Waals surface area contributed by atoms with Crippen LogP contribution in [0.15, 0.2) is 36.5 Å². The largest absolute Gasteiger partial charge is 0.481 e. The van der Waals surface area contributed by atoms with Gasteiger partial charge in [0.05, 0.1) is 11.8 Å². The number of nitrogens with one attached hydrogen (secondary N) is 1. The number of thiazole rings is 1. The molecule has 2 amide bonds. The lowest BCUT2D eigenvalue weighted by Crippen LogP contribution is -2.35. The van der Waals surface area contributed by atoms with Gasteiger partial charge in [-0.15, -0.1) is 11.3 Å². The third-order valence-electron chi connectivity index (χ3n) is 4.33. The number of nitrogens with zero attached hydrogens (tertiary/aromatic N) is 2. The van der Waals surface area contributed by atoms with Gasteiger partial charge in [-0.25, -0.2) is 9.78 Å². The van der Waals surface area contributed by atoms with Crippen molar-refractivity contribution in [2.75, 3.05) is 18.4 Å². The number of alkyl halides is 3. The molecule has 0 spiro atoms. The summed E-state index contributed by atoms with van der Waals surface area (Å²) in [6.07, 6.45) is -2.46. The van der Waals surface area contributed by atoms with Gasteiger partial charge in [-0.2, -0.15) is 13.2 Å². The number of hydrogen-bond acceptors (Lipinski definition) is 4. The Labute approximate surface area is 156 Å². The standard InChI is InChI=1S/C17H16F3N3O3S/c18-17(19,20)13-9-23(8-12(13)14(24)25)16(26)22-15-21-7-11(27-15)6-10-4-2-1-3-5-10/h1-5,7,12-13H,6,8-9H2,(H,24,25)(H,21,22,26)/t12-,13-/m1/s1. The van der Waals surface area contributed by atoms with Crippen molar-refractivity contribution in [2.24, 2.45) is 11.8 Å². The van der Waals surface area contributed by atoms with Crippen molar-refractivity contribution in [1.29, 1.82) is 0 Å². The number of halogens is 3. The summed E-state index contributed by atoms with van der Waals surface area (Å²) in [5.74, 6) is -5.31. The minimum Gasteiger partial charge on any atom is -0.481 e. The molecule has 27 heavy (non-hydrogen) atoms. The summed E-state index contributed by atoms with van der Waals surface area (Å²) in [6.45, 7) is -1.18. The zero-order valence-corrected chi connectivity index (χ0v) is 14.8. The van der Waals surface area contributed by atoms with E-state index in [1.165, 1.54) is 11.3 Å². The van der Waals surface area contributed by atoms with Crippen molar-refractivity contribution >= 4 is 28.5 Å². The number of aliphatic carboxylic acids is 1. The monoisotopic (exact) mass is 399 g/mol. The summed E-state index contributed by atoms with van der Waals surface area (Å²) >= 11 is 1.22. The summed E-state index contributed by atoms with van der Waals surface area (Å²) in [6, 6.07) is 8.83. The summed E-state index contributed by atoms with van der Waals surface area (Å²) in [5.41, 5.74) is 1.07. The molecule has 2 heterocycles. The van der Waals surface area contributed by atoms with Crippen LogP contribution in [0.3, 0.4) is 0 Å². The molecular weight excluding hydrogens is 383 g/mol. The first-order valence-corrected chi connectivity index (χ1v) is 8.90. The summed E-state index contributed by atoms with van der Waals surface area (Å²) in [5, 5.41) is 11.7. The number of rotatable bonds is 4. The van der Waals surface area contributed by atoms with Gasteiger partial charge in [-0.1, -0.05) is 30.3 Å². The number of carbonyl (C=O) groups is 2. The van der Waals surface area contributed by atoms with Crippen LogP contribution in [0.5, 0.6) is 0 Å². The average Bonchev–Trinajstić information content (AvgIpc) is 3.22. The highest BCUT2D eigenvalue weighted by atomic mass is 32.1. The Bertz CT molecular complexity index is 826. The van der Waals surface area contributed by atoms with Crippen LogP contribution in [0, 0.1) is 11.8 Å². The summed E-state index contributed by atoms with van der Waals surface area (Å²) < 4.78 is 39.0. The Morgan fingerprint density at radius 2 is 1.96 bits per heavy atom. The molecule has 6 nitrogen and oxygen atoms in total. The van der Waals surface area contributed by atoms with Crippen molar-refractivity contribution in [3.8, 4) is 0 Å². The summed E-state index contributed by atoms with van der Waals surface area (Å²) in [4.78, 5) is 29.2. The number of likely N-dealkylation sites (tertiary alicyclic amines) is 1. The molecule has 144 valence electrons. The normalized spacial score (nSPS) is 19.9. The molecule has 1 aliphatic rings. The first-order valence-electron chi connectivity index (χ1n) is 8.08. The Morgan fingerprint density at radius 3 is 2.56 bits per heavy atom. The van der Waals surface area contributed by atoms with Crippen molar-refractivity contribution < 1.29 is 27.9 Å². The Morgan fingerprint density at radius 1 is 1.26 bits per heavy atom. The maximum absolute atomic E-state index is 13.0. The molecule has 0 unspecified atom stereocenters. The van der Waals surface area contributed by atoms with E-state index < -0.39 is 43.1 Å². The lowest BCUT2D eigenvalue weighted by Gasteiger charge is -2.18. The minimum absolute atomic E-state index is 0.258. The molecular formula is C17H16F3N3O3S. The van der Waals surface area contributed by atoms with E-state index in [9.17, 15) is 22.8 Å². The SMILES string of the molecule is O=C(O)[C@@H]1CN(C(=O)Nc2ncc(Cc3ccccc3)s2)C[C@H]1C(F)(F)F. The van der Waals surface area contributed by atoms with Gasteiger partial charge in [-0.05, 0) is 5.56 Å². The second-order valence-corrected chi connectivity index (χ2v) is 7.34. The predicted molar refractivity (Wildman–Crippen MR) is 92.6 cm³/mol. The fourth-order valence-corrected chi connectivity index (χ4v) is 3.80. The number of carboxylic acid groups (broad SMARTS) is 1. The third-order valence-corrected chi connectivity index (χ3v) is 5.25. The van der Waals surface area contributed by atoms with Crippen molar-refractivity contribution in [3.63, 3.8) is 0 Å². The molecule has 2 N–H and O–H groups in total. The number of anilines is 1. The zero-order valence-electron chi connectivity index (χ0n) is 13.9. The minimum atomic E-state index is -4.68. The maximum atomic E-state index is 13.0. The number of benzene rings is 1. The van der Waals surface area contributed by atoms with E-state index in [1.54, 1.807) is 6.20 Å². The van der Waals surface area contributed by atoms with Gasteiger partial charge in [0.15, 0.2) is 5.13 Å². The molecule has 3 rings (SSSR count). The zero-order chi connectivity index (χ0) is 19.6. The highest BCUT2D eigenvalue weighted by Crippen LogP contribution is 2.38. The second-order valence-electron chi connectivity index (χ2n) is 6.22. The molecule has 1 saturated heterocycles. The Balaban J connectivity index is 1.63. The van der Waals surface area contributed by atoms with Gasteiger partial charge >= 0.3 is 18.2 Å². The van der Waals surface area contributed by atoms with Crippen LogP contribution in [0.25, 0.3) is 0 Å². The second kappa shape index (κ2) is 7.55. The highest BCUT2D eigenvalue weighted by molar-refractivity contribution is 7.15. The van der Waals surface area contributed by atoms with E-state index in [-0.39, 0.29) is 5.13 Å². The van der Waals surface area contributed by atoms with Crippen molar-refractivity contribution in [2.45, 2.75) is 12.6 Å². The Hall–Kier alpha value is -2.62. The van der Waals surface area contributed by atoms with Crippen LogP contribution in [0.1, 0.15) is 10.4 Å². The van der Waals surface area contributed by atoms with Gasteiger partial charge in [-0.3, -0.25) is 10.1 Å². The fourth-order valence-electron chi connectivity index (χ4n) is 2.97. The average molecular weight is 399 g/mol. The fraction of sp³-hybridized carbons (Fsp3) is 0.353. The van der Waals surface area contributed by atoms with E-state index in [2.05, 4.69) is 10.3 Å². The molecule has 1 aromatic heterocycles. The summed E-state index contributed by atoms with van der Waals surface area (Å²) in [7, 11) is 0. The van der Waals surface area contributed by atoms with E-state index in [1.807, 2.05) is 30.3 Å². The van der Waals surface area contributed by atoms with Crippen LogP contribution >= 0.6 is 11.3 Å². The molecule has 1 aliphatic heterocycles. The predicted octanol–water partition coefficient (Wildman–Crippen LogP) is 3.46. The molecule has 10 heteroatoms. The number of aromatic nitrogens is 1. The maximum Gasteiger partial charge on any atom is 0.394 e. The van der Waals surface area contributed by atoms with Crippen LogP contribution in [0.4, 0.5) is 23.1 Å². The number of carboxylic acids is 1. The van der Waals surface area contributed by atoms with Gasteiger partial charge in [0.1, 0.15) is 0 Å². The first kappa shape index (κ1) is 19.2. The molecule has 0 aliphatic carbocycles. The Kier molecular flexibility index (Phi) is 5.36. The number of hydrogen-bond donors (Lipinski definition) is 2. The van der Waals surface area contributed by atoms with E-state index in [0.29, 0.717) is 6.42 Å². The smallest absolute Gasteiger partial charge is 0.394 e. The molecule has 1 aromatic carbocycles. The van der Waals surface area contributed by atoms with E-state index in [0.717, 1.165) is 15.3 Å². The van der Waals surface area contributed by atoms with Crippen molar-refractivity contribution in [1.82, 2.24) is 9.88 Å². The molecule has 2 aromatic rings. The van der Waals surface area contributed by atoms with Gasteiger partial charge < -0.3 is 10.0 Å². The van der Waals surface area contributed by atoms with E-state index >= 15 is 0 Å². The third kappa shape index (κ3) is 4.57. The van der Waals surface area contributed by atoms with Crippen LogP contribution in [-0.2, 0) is 11.2 Å². The van der Waals surface area contributed by atoms with Crippen LogP contribution in [0.2, 0.25) is 0 Å².